The number of benzene rings is 2. The Hall–Kier alpha value is -2.20. The van der Waals surface area contributed by atoms with Crippen LogP contribution < -0.4 is 4.90 Å². The van der Waals surface area contributed by atoms with Crippen LogP contribution in [-0.4, -0.2) is 37.0 Å². The van der Waals surface area contributed by atoms with Crippen LogP contribution in [0.4, 0.5) is 5.69 Å². The fraction of sp³-hybridized carbons (Fsp3) is 0.211. The Labute approximate surface area is 141 Å². The predicted molar refractivity (Wildman–Crippen MR) is 96.7 cm³/mol. The van der Waals surface area contributed by atoms with Gasteiger partial charge in [-0.1, -0.05) is 48.2 Å². The van der Waals surface area contributed by atoms with Crippen molar-refractivity contribution in [1.29, 1.82) is 0 Å². The topological polar surface area (TPSA) is 23.6 Å². The van der Waals surface area contributed by atoms with Crippen molar-refractivity contribution in [2.45, 2.75) is 4.90 Å². The Balaban J connectivity index is 1.48. The summed E-state index contributed by atoms with van der Waals surface area (Å²) in [5, 5.41) is 1.88. The maximum Gasteiger partial charge on any atom is 0.247 e. The molecule has 1 saturated heterocycles. The van der Waals surface area contributed by atoms with Gasteiger partial charge in [-0.25, -0.2) is 0 Å². The molecule has 0 atom stereocenters. The van der Waals surface area contributed by atoms with E-state index >= 15 is 0 Å². The van der Waals surface area contributed by atoms with Crippen molar-refractivity contribution in [2.24, 2.45) is 0 Å². The highest BCUT2D eigenvalue weighted by Gasteiger charge is 2.19. The van der Waals surface area contributed by atoms with Crippen LogP contribution in [0.5, 0.6) is 0 Å². The van der Waals surface area contributed by atoms with Crippen LogP contribution in [0, 0.1) is 0 Å². The summed E-state index contributed by atoms with van der Waals surface area (Å²) in [5.41, 5.74) is 1.23. The molecule has 1 fully saturated rings. The molecule has 0 unspecified atom stereocenters. The largest absolute Gasteiger partial charge is 0.368 e. The van der Waals surface area contributed by atoms with Crippen LogP contribution >= 0.6 is 11.8 Å². The molecule has 2 aromatic carbocycles. The van der Waals surface area contributed by atoms with E-state index in [1.807, 2.05) is 46.7 Å². The summed E-state index contributed by atoms with van der Waals surface area (Å²) in [7, 11) is 0. The standard InChI is InChI=1S/C19H20N2OS/c22-19(11-16-23-18-9-5-2-6-10-18)21-14-12-20(13-15-21)17-7-3-1-4-8-17/h1-11,16H,12-15H2/b16-11+. The van der Waals surface area contributed by atoms with Crippen molar-refractivity contribution >= 4 is 23.4 Å². The number of nitrogens with zero attached hydrogens (tertiary/aromatic N) is 2. The van der Waals surface area contributed by atoms with Gasteiger partial charge in [-0.3, -0.25) is 4.79 Å². The molecule has 0 aliphatic carbocycles. The molecule has 0 spiro atoms. The third-order valence-corrected chi connectivity index (χ3v) is 4.69. The molecule has 23 heavy (non-hydrogen) atoms. The van der Waals surface area contributed by atoms with Crippen molar-refractivity contribution < 1.29 is 4.79 Å². The molecule has 0 radical (unpaired) electrons. The number of amides is 1. The van der Waals surface area contributed by atoms with E-state index in [2.05, 4.69) is 29.2 Å². The number of rotatable bonds is 4. The lowest BCUT2D eigenvalue weighted by molar-refractivity contribution is -0.126. The number of carbonyl (C=O) groups is 1. The van der Waals surface area contributed by atoms with E-state index in [1.165, 1.54) is 5.69 Å². The normalized spacial score (nSPS) is 15.1. The Kier molecular flexibility index (Phi) is 5.37. The predicted octanol–water partition coefficient (Wildman–Crippen LogP) is 3.64. The van der Waals surface area contributed by atoms with Crippen LogP contribution in [-0.2, 0) is 4.79 Å². The summed E-state index contributed by atoms with van der Waals surface area (Å²) in [6.07, 6.45) is 1.68. The highest BCUT2D eigenvalue weighted by atomic mass is 32.2. The van der Waals surface area contributed by atoms with Gasteiger partial charge in [0, 0.05) is 42.8 Å². The van der Waals surface area contributed by atoms with Gasteiger partial charge in [0.1, 0.15) is 0 Å². The second-order valence-electron chi connectivity index (χ2n) is 5.38. The van der Waals surface area contributed by atoms with Crippen molar-refractivity contribution in [1.82, 2.24) is 4.90 Å². The van der Waals surface area contributed by atoms with Crippen molar-refractivity contribution in [2.75, 3.05) is 31.1 Å². The van der Waals surface area contributed by atoms with Crippen molar-refractivity contribution in [3.05, 3.63) is 72.1 Å². The minimum atomic E-state index is 0.0983. The number of carbonyl (C=O) groups excluding carboxylic acids is 1. The molecular weight excluding hydrogens is 304 g/mol. The molecule has 1 amide bonds. The minimum Gasteiger partial charge on any atom is -0.368 e. The average Bonchev–Trinajstić information content (AvgIpc) is 2.63. The summed E-state index contributed by atoms with van der Waals surface area (Å²) in [4.78, 5) is 17.6. The Morgan fingerprint density at radius 3 is 2.13 bits per heavy atom. The smallest absolute Gasteiger partial charge is 0.247 e. The van der Waals surface area contributed by atoms with Crippen LogP contribution in [0.2, 0.25) is 0 Å². The van der Waals surface area contributed by atoms with Gasteiger partial charge in [-0.2, -0.15) is 0 Å². The lowest BCUT2D eigenvalue weighted by atomic mass is 10.2. The molecule has 0 bridgehead atoms. The van der Waals surface area contributed by atoms with E-state index in [0.29, 0.717) is 0 Å². The zero-order valence-corrected chi connectivity index (χ0v) is 13.8. The average molecular weight is 324 g/mol. The molecule has 0 saturated carbocycles. The maximum absolute atomic E-state index is 12.2. The first-order valence-electron chi connectivity index (χ1n) is 7.80. The Morgan fingerprint density at radius 1 is 0.870 bits per heavy atom. The van der Waals surface area contributed by atoms with Gasteiger partial charge < -0.3 is 9.80 Å². The van der Waals surface area contributed by atoms with Gasteiger partial charge in [0.2, 0.25) is 5.91 Å². The van der Waals surface area contributed by atoms with Crippen LogP contribution in [0.25, 0.3) is 0 Å². The molecule has 2 aromatic rings. The molecule has 118 valence electrons. The summed E-state index contributed by atoms with van der Waals surface area (Å²) in [5.74, 6) is 0.0983. The lowest BCUT2D eigenvalue weighted by Crippen LogP contribution is -2.48. The van der Waals surface area contributed by atoms with Crippen LogP contribution in [0.3, 0.4) is 0 Å². The van der Waals surface area contributed by atoms with Gasteiger partial charge in [-0.15, -0.1) is 0 Å². The summed E-state index contributed by atoms with van der Waals surface area (Å²) < 4.78 is 0. The first-order valence-corrected chi connectivity index (χ1v) is 8.68. The number of hydrogen-bond donors (Lipinski definition) is 0. The molecule has 1 heterocycles. The van der Waals surface area contributed by atoms with E-state index in [4.69, 9.17) is 0 Å². The zero-order valence-electron chi connectivity index (χ0n) is 13.0. The molecule has 3 rings (SSSR count). The van der Waals surface area contributed by atoms with Crippen molar-refractivity contribution in [3.63, 3.8) is 0 Å². The Bertz CT molecular complexity index is 650. The van der Waals surface area contributed by atoms with E-state index in [1.54, 1.807) is 17.8 Å². The third kappa shape index (κ3) is 4.39. The fourth-order valence-electron chi connectivity index (χ4n) is 2.60. The lowest BCUT2D eigenvalue weighted by Gasteiger charge is -2.35. The second-order valence-corrected chi connectivity index (χ2v) is 6.36. The van der Waals surface area contributed by atoms with Gasteiger partial charge in [0.15, 0.2) is 0 Å². The van der Waals surface area contributed by atoms with Crippen LogP contribution in [0.15, 0.2) is 77.0 Å². The number of hydrogen-bond acceptors (Lipinski definition) is 3. The SMILES string of the molecule is O=C(/C=C/Sc1ccccc1)N1CCN(c2ccccc2)CC1. The minimum absolute atomic E-state index is 0.0983. The molecule has 3 nitrogen and oxygen atoms in total. The molecular formula is C19H20N2OS. The fourth-order valence-corrected chi connectivity index (χ4v) is 3.25. The van der Waals surface area contributed by atoms with Gasteiger partial charge in [0.25, 0.3) is 0 Å². The zero-order chi connectivity index (χ0) is 15.9. The monoisotopic (exact) mass is 324 g/mol. The van der Waals surface area contributed by atoms with Gasteiger partial charge in [0.05, 0.1) is 0 Å². The van der Waals surface area contributed by atoms with E-state index in [-0.39, 0.29) is 5.91 Å². The van der Waals surface area contributed by atoms with E-state index in [0.717, 1.165) is 31.1 Å². The van der Waals surface area contributed by atoms with Crippen molar-refractivity contribution in [3.8, 4) is 0 Å². The molecule has 1 aliphatic heterocycles. The third-order valence-electron chi connectivity index (χ3n) is 3.87. The van der Waals surface area contributed by atoms with E-state index in [9.17, 15) is 4.79 Å². The quantitative estimate of drug-likeness (QED) is 0.634. The second kappa shape index (κ2) is 7.88. The Morgan fingerprint density at radius 2 is 1.48 bits per heavy atom. The van der Waals surface area contributed by atoms with Gasteiger partial charge in [-0.05, 0) is 29.7 Å². The maximum atomic E-state index is 12.2. The number of thioether (sulfide) groups is 1. The number of para-hydroxylation sites is 1. The van der Waals surface area contributed by atoms with Crippen LogP contribution in [0.1, 0.15) is 0 Å². The van der Waals surface area contributed by atoms with Gasteiger partial charge >= 0.3 is 0 Å². The first-order chi connectivity index (χ1) is 11.3. The summed E-state index contributed by atoms with van der Waals surface area (Å²) in [6, 6.07) is 20.4. The molecule has 0 aromatic heterocycles. The summed E-state index contributed by atoms with van der Waals surface area (Å²) >= 11 is 1.57. The number of piperazine rings is 1. The highest BCUT2D eigenvalue weighted by Crippen LogP contribution is 2.19. The number of anilines is 1. The first kappa shape index (κ1) is 15.7. The molecule has 4 heteroatoms. The molecule has 0 N–H and O–H groups in total. The molecule has 1 aliphatic rings. The summed E-state index contributed by atoms with van der Waals surface area (Å²) in [6.45, 7) is 3.31. The highest BCUT2D eigenvalue weighted by molar-refractivity contribution is 8.02. The van der Waals surface area contributed by atoms with E-state index < -0.39 is 0 Å².